The SMILES string of the molecule is C=C(C)C(=O)OC.C[SiH](C)O[Si](C)(C)C. The summed E-state index contributed by atoms with van der Waals surface area (Å²) >= 11 is 0. The van der Waals surface area contributed by atoms with Crippen molar-refractivity contribution in [3.8, 4) is 0 Å². The van der Waals surface area contributed by atoms with E-state index in [0.717, 1.165) is 0 Å². The van der Waals surface area contributed by atoms with E-state index in [9.17, 15) is 4.79 Å². The molecule has 0 spiro atoms. The molecule has 0 unspecified atom stereocenters. The number of hydrogen-bond acceptors (Lipinski definition) is 3. The normalized spacial score (nSPS) is 10.4. The fourth-order valence-electron chi connectivity index (χ4n) is 0.881. The van der Waals surface area contributed by atoms with E-state index in [4.69, 9.17) is 4.12 Å². The number of esters is 1. The Morgan fingerprint density at radius 3 is 1.67 bits per heavy atom. The Bertz CT molecular complexity index is 207. The quantitative estimate of drug-likeness (QED) is 0.437. The zero-order valence-electron chi connectivity index (χ0n) is 11.0. The molecule has 0 aromatic rings. The molecule has 0 fully saturated rings. The summed E-state index contributed by atoms with van der Waals surface area (Å²) in [4.78, 5) is 10.2. The molecule has 3 nitrogen and oxygen atoms in total. The molecule has 90 valence electrons. The summed E-state index contributed by atoms with van der Waals surface area (Å²) in [5.74, 6) is -0.347. The van der Waals surface area contributed by atoms with Gasteiger partial charge in [-0.2, -0.15) is 0 Å². The largest absolute Gasteiger partial charge is 0.466 e. The highest BCUT2D eigenvalue weighted by Gasteiger charge is 2.14. The van der Waals surface area contributed by atoms with Gasteiger partial charge in [0.1, 0.15) is 0 Å². The summed E-state index contributed by atoms with van der Waals surface area (Å²) in [6.07, 6.45) is 0. The Morgan fingerprint density at radius 2 is 1.67 bits per heavy atom. The fourth-order valence-corrected chi connectivity index (χ4v) is 6.54. The Hall–Kier alpha value is -0.396. The van der Waals surface area contributed by atoms with Crippen LogP contribution in [-0.4, -0.2) is 30.4 Å². The van der Waals surface area contributed by atoms with Gasteiger partial charge in [0.05, 0.1) is 7.11 Å². The van der Waals surface area contributed by atoms with Gasteiger partial charge in [0.2, 0.25) is 0 Å². The van der Waals surface area contributed by atoms with Crippen LogP contribution in [0.2, 0.25) is 32.7 Å². The van der Waals surface area contributed by atoms with Crippen LogP contribution in [0.25, 0.3) is 0 Å². The van der Waals surface area contributed by atoms with Gasteiger partial charge >= 0.3 is 5.97 Å². The van der Waals surface area contributed by atoms with E-state index in [-0.39, 0.29) is 5.97 Å². The third-order valence-electron chi connectivity index (χ3n) is 1.12. The molecule has 0 aliphatic rings. The number of rotatable bonds is 3. The minimum absolute atomic E-state index is 0.347. The van der Waals surface area contributed by atoms with Crippen molar-refractivity contribution in [3.63, 3.8) is 0 Å². The van der Waals surface area contributed by atoms with Crippen LogP contribution in [0.1, 0.15) is 6.92 Å². The summed E-state index contributed by atoms with van der Waals surface area (Å²) < 4.78 is 9.99. The second-order valence-corrected chi connectivity index (χ2v) is 11.8. The van der Waals surface area contributed by atoms with Crippen LogP contribution in [0.4, 0.5) is 0 Å². The smallest absolute Gasteiger partial charge is 0.332 e. The average Bonchev–Trinajstić information content (AvgIpc) is 1.99. The number of hydrogen-bond donors (Lipinski definition) is 0. The lowest BCUT2D eigenvalue weighted by molar-refractivity contribution is -0.136. The van der Waals surface area contributed by atoms with Crippen molar-refractivity contribution in [1.82, 2.24) is 0 Å². The molecule has 0 amide bonds. The lowest BCUT2D eigenvalue weighted by Crippen LogP contribution is -2.31. The van der Waals surface area contributed by atoms with Crippen LogP contribution in [-0.2, 0) is 13.6 Å². The van der Waals surface area contributed by atoms with E-state index in [2.05, 4.69) is 44.1 Å². The maximum Gasteiger partial charge on any atom is 0.332 e. The predicted octanol–water partition coefficient (Wildman–Crippen LogP) is 2.56. The molecular formula is C10H24O3Si2. The third-order valence-corrected chi connectivity index (χ3v) is 5.84. The number of methoxy groups -OCH3 is 1. The molecule has 0 aliphatic carbocycles. The molecule has 0 aromatic heterocycles. The van der Waals surface area contributed by atoms with Crippen LogP contribution in [0.15, 0.2) is 12.2 Å². The molecule has 5 heteroatoms. The Morgan fingerprint density at radius 1 is 1.27 bits per heavy atom. The predicted molar refractivity (Wildman–Crippen MR) is 70.1 cm³/mol. The van der Waals surface area contributed by atoms with Gasteiger partial charge in [0.15, 0.2) is 17.4 Å². The fraction of sp³-hybridized carbons (Fsp3) is 0.700. The van der Waals surface area contributed by atoms with Gasteiger partial charge in [0, 0.05) is 5.57 Å². The second-order valence-electron chi connectivity index (χ2n) is 4.55. The van der Waals surface area contributed by atoms with Crippen LogP contribution in [0.3, 0.4) is 0 Å². The molecule has 0 aliphatic heterocycles. The van der Waals surface area contributed by atoms with Crippen LogP contribution in [0, 0.1) is 0 Å². The van der Waals surface area contributed by atoms with Gasteiger partial charge < -0.3 is 8.85 Å². The van der Waals surface area contributed by atoms with E-state index >= 15 is 0 Å². The van der Waals surface area contributed by atoms with Gasteiger partial charge in [-0.3, -0.25) is 0 Å². The molecule has 0 saturated heterocycles. The topological polar surface area (TPSA) is 35.5 Å². The number of carbonyl (C=O) groups excluding carboxylic acids is 1. The lowest BCUT2D eigenvalue weighted by atomic mass is 10.4. The molecule has 0 heterocycles. The summed E-state index contributed by atoms with van der Waals surface area (Å²) in [5, 5.41) is 0. The summed E-state index contributed by atoms with van der Waals surface area (Å²) in [6.45, 7) is 16.1. The van der Waals surface area contributed by atoms with E-state index in [0.29, 0.717) is 5.57 Å². The van der Waals surface area contributed by atoms with Gasteiger partial charge in [0.25, 0.3) is 0 Å². The van der Waals surface area contributed by atoms with Gasteiger partial charge in [-0.15, -0.1) is 0 Å². The summed E-state index contributed by atoms with van der Waals surface area (Å²) in [7, 11) is -0.562. The first-order valence-electron chi connectivity index (χ1n) is 5.01. The Balaban J connectivity index is 0. The zero-order chi connectivity index (χ0) is 12.6. The first-order valence-corrected chi connectivity index (χ1v) is 11.2. The molecule has 0 rings (SSSR count). The molecule has 0 saturated carbocycles. The number of ether oxygens (including phenoxy) is 1. The minimum Gasteiger partial charge on any atom is -0.466 e. The molecule has 0 atom stereocenters. The summed E-state index contributed by atoms with van der Waals surface area (Å²) in [6, 6.07) is 0. The summed E-state index contributed by atoms with van der Waals surface area (Å²) in [5.41, 5.74) is 0.433. The molecule has 0 radical (unpaired) electrons. The standard InChI is InChI=1S/C5H8O2.C5H16OSi2/c1-4(2)5(6)7-3;1-7(2)6-8(3,4)5/h1H2,2-3H3;7H,1-5H3. The van der Waals surface area contributed by atoms with Crippen LogP contribution >= 0.6 is 0 Å². The second kappa shape index (κ2) is 7.84. The van der Waals surface area contributed by atoms with Gasteiger partial charge in [-0.05, 0) is 39.7 Å². The van der Waals surface area contributed by atoms with Crippen LogP contribution < -0.4 is 0 Å². The number of carbonyl (C=O) groups is 1. The maximum atomic E-state index is 10.2. The van der Waals surface area contributed by atoms with Crippen molar-refractivity contribution >= 4 is 23.3 Å². The van der Waals surface area contributed by atoms with Crippen molar-refractivity contribution in [2.45, 2.75) is 39.7 Å². The zero-order valence-corrected chi connectivity index (χ0v) is 13.2. The van der Waals surface area contributed by atoms with Gasteiger partial charge in [-0.25, -0.2) is 4.79 Å². The average molecular weight is 248 g/mol. The lowest BCUT2D eigenvalue weighted by Gasteiger charge is -2.19. The Labute approximate surface area is 96.3 Å². The Kier molecular flexibility index (Phi) is 8.89. The van der Waals surface area contributed by atoms with Crippen molar-refractivity contribution in [2.75, 3.05) is 7.11 Å². The van der Waals surface area contributed by atoms with Gasteiger partial charge in [-0.1, -0.05) is 6.58 Å². The first-order chi connectivity index (χ1) is 6.60. The third kappa shape index (κ3) is 16.3. The van der Waals surface area contributed by atoms with Crippen molar-refractivity contribution < 1.29 is 13.6 Å². The maximum absolute atomic E-state index is 10.2. The van der Waals surface area contributed by atoms with Crippen molar-refractivity contribution in [1.29, 1.82) is 0 Å². The highest BCUT2D eigenvalue weighted by molar-refractivity contribution is 6.76. The van der Waals surface area contributed by atoms with E-state index in [1.54, 1.807) is 6.92 Å². The molecule has 0 bridgehead atoms. The van der Waals surface area contributed by atoms with E-state index in [1.165, 1.54) is 7.11 Å². The van der Waals surface area contributed by atoms with E-state index in [1.807, 2.05) is 0 Å². The van der Waals surface area contributed by atoms with Crippen molar-refractivity contribution in [3.05, 3.63) is 12.2 Å². The van der Waals surface area contributed by atoms with E-state index < -0.39 is 17.4 Å². The molecular weight excluding hydrogens is 224 g/mol. The molecule has 0 N–H and O–H groups in total. The minimum atomic E-state index is -1.16. The molecule has 15 heavy (non-hydrogen) atoms. The highest BCUT2D eigenvalue weighted by atomic mass is 28.4. The highest BCUT2D eigenvalue weighted by Crippen LogP contribution is 2.03. The van der Waals surface area contributed by atoms with Crippen molar-refractivity contribution in [2.24, 2.45) is 0 Å². The van der Waals surface area contributed by atoms with Crippen LogP contribution in [0.5, 0.6) is 0 Å². The first kappa shape index (κ1) is 17.0. The monoisotopic (exact) mass is 248 g/mol. The molecule has 0 aromatic carbocycles.